The van der Waals surface area contributed by atoms with Gasteiger partial charge in [-0.3, -0.25) is 9.59 Å². The van der Waals surface area contributed by atoms with Crippen molar-refractivity contribution in [2.75, 3.05) is 18.4 Å². The summed E-state index contributed by atoms with van der Waals surface area (Å²) >= 11 is 0. The Morgan fingerprint density at radius 3 is 2.31 bits per heavy atom. The normalized spacial score (nSPS) is 10.7. The number of hydrogen-bond donors (Lipinski definition) is 1. The smallest absolute Gasteiger partial charge is 0.291 e. The second kappa shape index (κ2) is 7.44. The monoisotopic (exact) mass is 350 g/mol. The van der Waals surface area contributed by atoms with Gasteiger partial charge in [0.05, 0.1) is 0 Å². The van der Waals surface area contributed by atoms with Crippen molar-refractivity contribution < 1.29 is 14.0 Å². The minimum atomic E-state index is -0.273. The topological polar surface area (TPSA) is 62.6 Å². The number of nitrogens with one attached hydrogen (secondary N) is 1. The van der Waals surface area contributed by atoms with Gasteiger partial charge >= 0.3 is 0 Å². The Hall–Kier alpha value is -3.08. The van der Waals surface area contributed by atoms with Crippen LogP contribution < -0.4 is 5.32 Å². The minimum Gasteiger partial charge on any atom is -0.449 e. The van der Waals surface area contributed by atoms with Crippen molar-refractivity contribution >= 4 is 28.5 Å². The molecule has 0 saturated heterocycles. The third-order valence-corrected chi connectivity index (χ3v) is 4.39. The molecule has 0 aliphatic rings. The van der Waals surface area contributed by atoms with Gasteiger partial charge in [-0.25, -0.2) is 0 Å². The number of rotatable bonds is 5. The number of amides is 2. The summed E-state index contributed by atoms with van der Waals surface area (Å²) in [6, 6.07) is 14.6. The SMILES string of the molecule is CCN(CC)C(=O)c1oc2ccccc2c1NC(=O)c1ccc(C)cc1. The number of hydrogen-bond acceptors (Lipinski definition) is 3. The van der Waals surface area contributed by atoms with E-state index < -0.39 is 0 Å². The lowest BCUT2D eigenvalue weighted by molar-refractivity contribution is 0.0745. The first-order valence-corrected chi connectivity index (χ1v) is 8.74. The highest BCUT2D eigenvalue weighted by molar-refractivity contribution is 6.14. The van der Waals surface area contributed by atoms with E-state index in [1.807, 2.05) is 51.1 Å². The number of nitrogens with zero attached hydrogens (tertiary/aromatic N) is 1. The van der Waals surface area contributed by atoms with Crippen LogP contribution in [0.4, 0.5) is 5.69 Å². The number of aryl methyl sites for hydroxylation is 1. The van der Waals surface area contributed by atoms with Gasteiger partial charge in [0.25, 0.3) is 11.8 Å². The molecule has 0 atom stereocenters. The molecule has 134 valence electrons. The number of anilines is 1. The fourth-order valence-corrected chi connectivity index (χ4v) is 2.87. The van der Waals surface area contributed by atoms with Crippen LogP contribution in [0.2, 0.25) is 0 Å². The molecular formula is C21H22N2O3. The van der Waals surface area contributed by atoms with Gasteiger partial charge in [-0.05, 0) is 45.0 Å². The van der Waals surface area contributed by atoms with Gasteiger partial charge in [0.2, 0.25) is 5.76 Å². The highest BCUT2D eigenvalue weighted by atomic mass is 16.3. The number of benzene rings is 2. The van der Waals surface area contributed by atoms with E-state index in [9.17, 15) is 9.59 Å². The maximum absolute atomic E-state index is 12.8. The molecule has 0 spiro atoms. The van der Waals surface area contributed by atoms with E-state index >= 15 is 0 Å². The van der Waals surface area contributed by atoms with Gasteiger partial charge in [-0.2, -0.15) is 0 Å². The highest BCUT2D eigenvalue weighted by Gasteiger charge is 2.25. The largest absolute Gasteiger partial charge is 0.449 e. The fraction of sp³-hybridized carbons (Fsp3) is 0.238. The summed E-state index contributed by atoms with van der Waals surface area (Å²) in [7, 11) is 0. The molecule has 0 bridgehead atoms. The van der Waals surface area contributed by atoms with Crippen LogP contribution >= 0.6 is 0 Å². The molecule has 0 saturated carbocycles. The van der Waals surface area contributed by atoms with Crippen LogP contribution in [0.15, 0.2) is 52.9 Å². The number of furan rings is 1. The number of para-hydroxylation sites is 1. The molecule has 5 nitrogen and oxygen atoms in total. The molecule has 1 aromatic heterocycles. The molecule has 0 fully saturated rings. The fourth-order valence-electron chi connectivity index (χ4n) is 2.87. The number of fused-ring (bicyclic) bond motifs is 1. The van der Waals surface area contributed by atoms with Crippen molar-refractivity contribution in [3.8, 4) is 0 Å². The molecule has 3 aromatic rings. The standard InChI is InChI=1S/C21H22N2O3/c1-4-23(5-2)21(25)19-18(16-8-6-7-9-17(16)26-19)22-20(24)15-12-10-14(3)11-13-15/h6-13H,4-5H2,1-3H3,(H,22,24). The molecule has 5 heteroatoms. The van der Waals surface area contributed by atoms with E-state index in [0.29, 0.717) is 35.3 Å². The van der Waals surface area contributed by atoms with Crippen LogP contribution in [0.1, 0.15) is 40.3 Å². The van der Waals surface area contributed by atoms with Crippen molar-refractivity contribution in [2.24, 2.45) is 0 Å². The van der Waals surface area contributed by atoms with Crippen LogP contribution in [0.25, 0.3) is 11.0 Å². The first kappa shape index (κ1) is 17.7. The van der Waals surface area contributed by atoms with Gasteiger partial charge in [-0.1, -0.05) is 29.8 Å². The summed E-state index contributed by atoms with van der Waals surface area (Å²) in [4.78, 5) is 27.2. The average molecular weight is 350 g/mol. The molecule has 2 aromatic carbocycles. The third-order valence-electron chi connectivity index (χ3n) is 4.39. The summed E-state index contributed by atoms with van der Waals surface area (Å²) in [6.07, 6.45) is 0. The Morgan fingerprint density at radius 1 is 1.00 bits per heavy atom. The maximum atomic E-state index is 12.8. The molecule has 26 heavy (non-hydrogen) atoms. The van der Waals surface area contributed by atoms with Crippen LogP contribution in [0.3, 0.4) is 0 Å². The van der Waals surface area contributed by atoms with Crippen molar-refractivity contribution in [3.05, 3.63) is 65.4 Å². The predicted molar refractivity (Wildman–Crippen MR) is 103 cm³/mol. The molecule has 2 amide bonds. The van der Waals surface area contributed by atoms with Crippen molar-refractivity contribution in [3.63, 3.8) is 0 Å². The summed E-state index contributed by atoms with van der Waals surface area (Å²) in [6.45, 7) is 6.92. The summed E-state index contributed by atoms with van der Waals surface area (Å²) in [5.74, 6) is -0.342. The van der Waals surface area contributed by atoms with Crippen LogP contribution in [0, 0.1) is 6.92 Å². The van der Waals surface area contributed by atoms with E-state index in [1.165, 1.54) is 0 Å². The lowest BCUT2D eigenvalue weighted by Gasteiger charge is -2.17. The van der Waals surface area contributed by atoms with Gasteiger partial charge in [0.1, 0.15) is 11.3 Å². The predicted octanol–water partition coefficient (Wildman–Crippen LogP) is 4.48. The maximum Gasteiger partial charge on any atom is 0.291 e. The molecule has 1 N–H and O–H groups in total. The molecule has 3 rings (SSSR count). The van der Waals surface area contributed by atoms with Crippen molar-refractivity contribution in [1.82, 2.24) is 4.90 Å². The van der Waals surface area contributed by atoms with Gasteiger partial charge < -0.3 is 14.6 Å². The Bertz CT molecular complexity index is 938. The summed E-state index contributed by atoms with van der Waals surface area (Å²) in [5.41, 5.74) is 2.60. The van der Waals surface area contributed by atoms with Crippen molar-refractivity contribution in [1.29, 1.82) is 0 Å². The van der Waals surface area contributed by atoms with E-state index in [0.717, 1.165) is 5.56 Å². The van der Waals surface area contributed by atoms with Gasteiger partial charge in [0.15, 0.2) is 0 Å². The lowest BCUT2D eigenvalue weighted by atomic mass is 10.1. The quantitative estimate of drug-likeness (QED) is 0.738. The number of carbonyl (C=O) groups is 2. The second-order valence-electron chi connectivity index (χ2n) is 6.10. The van der Waals surface area contributed by atoms with E-state index in [-0.39, 0.29) is 17.6 Å². The molecule has 1 heterocycles. The highest BCUT2D eigenvalue weighted by Crippen LogP contribution is 2.32. The zero-order valence-corrected chi connectivity index (χ0v) is 15.2. The van der Waals surface area contributed by atoms with Crippen LogP contribution in [-0.2, 0) is 0 Å². The second-order valence-corrected chi connectivity index (χ2v) is 6.10. The average Bonchev–Trinajstić information content (AvgIpc) is 3.02. The Kier molecular flexibility index (Phi) is 5.07. The van der Waals surface area contributed by atoms with Crippen LogP contribution in [0.5, 0.6) is 0 Å². The molecular weight excluding hydrogens is 328 g/mol. The molecule has 0 radical (unpaired) electrons. The zero-order chi connectivity index (χ0) is 18.7. The van der Waals surface area contributed by atoms with Crippen LogP contribution in [-0.4, -0.2) is 29.8 Å². The number of carbonyl (C=O) groups excluding carboxylic acids is 2. The van der Waals surface area contributed by atoms with E-state index in [2.05, 4.69) is 5.32 Å². The zero-order valence-electron chi connectivity index (χ0n) is 15.2. The lowest BCUT2D eigenvalue weighted by Crippen LogP contribution is -2.31. The Morgan fingerprint density at radius 2 is 1.65 bits per heavy atom. The third kappa shape index (κ3) is 3.33. The van der Waals surface area contributed by atoms with E-state index in [4.69, 9.17) is 4.42 Å². The first-order chi connectivity index (χ1) is 12.5. The summed E-state index contributed by atoms with van der Waals surface area (Å²) < 4.78 is 5.80. The van der Waals surface area contributed by atoms with E-state index in [1.54, 1.807) is 23.1 Å². The first-order valence-electron chi connectivity index (χ1n) is 8.74. The van der Waals surface area contributed by atoms with Gasteiger partial charge in [-0.15, -0.1) is 0 Å². The Balaban J connectivity index is 2.03. The minimum absolute atomic E-state index is 0.162. The van der Waals surface area contributed by atoms with Gasteiger partial charge in [0, 0.05) is 24.0 Å². The van der Waals surface area contributed by atoms with Crippen molar-refractivity contribution in [2.45, 2.75) is 20.8 Å². The Labute approximate surface area is 152 Å². The molecule has 0 aliphatic heterocycles. The summed E-state index contributed by atoms with van der Waals surface area (Å²) in [5, 5.41) is 3.58. The molecule has 0 unspecified atom stereocenters. The molecule has 0 aliphatic carbocycles.